The number of benzene rings is 1. The number of halogens is 1. The van der Waals surface area contributed by atoms with Gasteiger partial charge in [-0.3, -0.25) is 5.32 Å². The van der Waals surface area contributed by atoms with Crippen LogP contribution in [-0.4, -0.2) is 17.6 Å². The molecule has 0 saturated carbocycles. The molecular formula is C12H12ClN3OS. The lowest BCUT2D eigenvalue weighted by Crippen LogP contribution is -2.28. The van der Waals surface area contributed by atoms with Gasteiger partial charge in [-0.2, -0.15) is 0 Å². The smallest absolute Gasteiger partial charge is 0.321 e. The molecule has 6 heteroatoms. The third-order valence-corrected chi connectivity index (χ3v) is 3.21. The quantitative estimate of drug-likeness (QED) is 0.903. The van der Waals surface area contributed by atoms with E-state index in [-0.39, 0.29) is 6.03 Å². The third kappa shape index (κ3) is 3.21. The normalized spacial score (nSPS) is 10.1. The molecule has 4 nitrogen and oxygen atoms in total. The molecule has 0 radical (unpaired) electrons. The van der Waals surface area contributed by atoms with Gasteiger partial charge in [-0.15, -0.1) is 11.3 Å². The minimum absolute atomic E-state index is 0.241. The first-order chi connectivity index (χ1) is 8.69. The van der Waals surface area contributed by atoms with Crippen molar-refractivity contribution in [3.05, 3.63) is 34.7 Å². The number of carbonyl (C=O) groups excluding carboxylic acids is 1. The van der Waals surface area contributed by atoms with E-state index in [0.717, 1.165) is 11.3 Å². The molecule has 0 fully saturated rings. The number of amides is 2. The van der Waals surface area contributed by atoms with Crippen LogP contribution >= 0.6 is 22.9 Å². The Balaban J connectivity index is 2.10. The number of nitrogens with zero attached hydrogens (tertiary/aromatic N) is 1. The number of rotatable bonds is 3. The molecule has 1 heterocycles. The molecule has 2 rings (SSSR count). The summed E-state index contributed by atoms with van der Waals surface area (Å²) in [5.41, 5.74) is 1.79. The Morgan fingerprint density at radius 1 is 1.39 bits per heavy atom. The van der Waals surface area contributed by atoms with E-state index < -0.39 is 0 Å². The number of anilines is 1. The topological polar surface area (TPSA) is 54.0 Å². The summed E-state index contributed by atoms with van der Waals surface area (Å²) >= 11 is 7.21. The zero-order valence-corrected chi connectivity index (χ0v) is 11.3. The van der Waals surface area contributed by atoms with E-state index in [1.165, 1.54) is 11.3 Å². The SMILES string of the molecule is CCNC(=O)Nc1nc(-c2ccc(Cl)cc2)cs1. The maximum Gasteiger partial charge on any atom is 0.321 e. The molecular weight excluding hydrogens is 270 g/mol. The number of urea groups is 1. The molecule has 0 bridgehead atoms. The lowest BCUT2D eigenvalue weighted by molar-refractivity contribution is 0.252. The zero-order chi connectivity index (χ0) is 13.0. The molecule has 0 aliphatic carbocycles. The third-order valence-electron chi connectivity index (χ3n) is 2.20. The van der Waals surface area contributed by atoms with E-state index in [9.17, 15) is 4.79 Å². The number of hydrogen-bond acceptors (Lipinski definition) is 3. The van der Waals surface area contributed by atoms with Gasteiger partial charge in [0.05, 0.1) is 5.69 Å². The van der Waals surface area contributed by atoms with E-state index in [1.54, 1.807) is 0 Å². The van der Waals surface area contributed by atoms with Crippen LogP contribution < -0.4 is 10.6 Å². The molecule has 0 saturated heterocycles. The molecule has 0 aliphatic heterocycles. The fourth-order valence-electron chi connectivity index (χ4n) is 1.39. The first-order valence-corrected chi connectivity index (χ1v) is 6.71. The van der Waals surface area contributed by atoms with Crippen molar-refractivity contribution in [3.8, 4) is 11.3 Å². The Labute approximate surface area is 114 Å². The number of thiazole rings is 1. The first-order valence-electron chi connectivity index (χ1n) is 5.45. The Bertz CT molecular complexity index is 539. The van der Waals surface area contributed by atoms with Gasteiger partial charge in [0.15, 0.2) is 5.13 Å². The molecule has 1 aromatic heterocycles. The van der Waals surface area contributed by atoms with Crippen LogP contribution in [0.3, 0.4) is 0 Å². The molecule has 0 spiro atoms. The van der Waals surface area contributed by atoms with E-state index in [0.29, 0.717) is 16.7 Å². The average molecular weight is 282 g/mol. The van der Waals surface area contributed by atoms with Gasteiger partial charge in [-0.25, -0.2) is 9.78 Å². The van der Waals surface area contributed by atoms with Crippen molar-refractivity contribution >= 4 is 34.1 Å². The average Bonchev–Trinajstić information content (AvgIpc) is 2.78. The van der Waals surface area contributed by atoms with Crippen LogP contribution in [-0.2, 0) is 0 Å². The van der Waals surface area contributed by atoms with Crippen molar-refractivity contribution in [1.82, 2.24) is 10.3 Å². The van der Waals surface area contributed by atoms with Crippen molar-refractivity contribution in [2.45, 2.75) is 6.92 Å². The van der Waals surface area contributed by atoms with Crippen LogP contribution in [0.25, 0.3) is 11.3 Å². The fourth-order valence-corrected chi connectivity index (χ4v) is 2.23. The lowest BCUT2D eigenvalue weighted by atomic mass is 10.2. The van der Waals surface area contributed by atoms with Crippen LogP contribution in [0.2, 0.25) is 5.02 Å². The maximum atomic E-state index is 11.3. The fraction of sp³-hybridized carbons (Fsp3) is 0.167. The highest BCUT2D eigenvalue weighted by molar-refractivity contribution is 7.14. The largest absolute Gasteiger partial charge is 0.338 e. The minimum Gasteiger partial charge on any atom is -0.338 e. The molecule has 0 atom stereocenters. The second-order valence-corrected chi connectivity index (χ2v) is 4.82. The Morgan fingerprint density at radius 3 is 2.78 bits per heavy atom. The van der Waals surface area contributed by atoms with Gasteiger partial charge in [-0.05, 0) is 19.1 Å². The monoisotopic (exact) mass is 281 g/mol. The highest BCUT2D eigenvalue weighted by Gasteiger charge is 2.06. The predicted octanol–water partition coefficient (Wildman–Crippen LogP) is 3.60. The van der Waals surface area contributed by atoms with Gasteiger partial charge < -0.3 is 5.32 Å². The van der Waals surface area contributed by atoms with E-state index in [1.807, 2.05) is 36.6 Å². The number of aromatic nitrogens is 1. The Kier molecular flexibility index (Phi) is 4.17. The summed E-state index contributed by atoms with van der Waals surface area (Å²) in [6.07, 6.45) is 0. The number of nitrogens with one attached hydrogen (secondary N) is 2. The van der Waals surface area contributed by atoms with Gasteiger partial charge in [0.25, 0.3) is 0 Å². The molecule has 94 valence electrons. The molecule has 2 aromatic rings. The van der Waals surface area contributed by atoms with Crippen LogP contribution in [0.1, 0.15) is 6.92 Å². The van der Waals surface area contributed by atoms with Crippen molar-refractivity contribution in [2.24, 2.45) is 0 Å². The highest BCUT2D eigenvalue weighted by Crippen LogP contribution is 2.25. The standard InChI is InChI=1S/C12H12ClN3OS/c1-2-14-11(17)16-12-15-10(7-18-12)8-3-5-9(13)6-4-8/h3-7H,2H2,1H3,(H2,14,15,16,17). The van der Waals surface area contributed by atoms with Crippen LogP contribution in [0.5, 0.6) is 0 Å². The van der Waals surface area contributed by atoms with Gasteiger partial charge in [0.1, 0.15) is 0 Å². The van der Waals surface area contributed by atoms with Crippen molar-refractivity contribution in [3.63, 3.8) is 0 Å². The molecule has 1 aromatic carbocycles. The van der Waals surface area contributed by atoms with Gasteiger partial charge in [0.2, 0.25) is 0 Å². The zero-order valence-electron chi connectivity index (χ0n) is 9.74. The van der Waals surface area contributed by atoms with Crippen molar-refractivity contribution in [2.75, 3.05) is 11.9 Å². The van der Waals surface area contributed by atoms with Gasteiger partial charge in [0, 0.05) is 22.5 Å². The van der Waals surface area contributed by atoms with E-state index in [4.69, 9.17) is 11.6 Å². The molecule has 0 aliphatic rings. The summed E-state index contributed by atoms with van der Waals surface area (Å²) in [6.45, 7) is 2.45. The first kappa shape index (κ1) is 12.9. The van der Waals surface area contributed by atoms with E-state index in [2.05, 4.69) is 15.6 Å². The summed E-state index contributed by atoms with van der Waals surface area (Å²) in [5.74, 6) is 0. The number of carbonyl (C=O) groups is 1. The number of hydrogen-bond donors (Lipinski definition) is 2. The van der Waals surface area contributed by atoms with Crippen LogP contribution in [0.15, 0.2) is 29.6 Å². The summed E-state index contributed by atoms with van der Waals surface area (Å²) in [6, 6.07) is 7.18. The summed E-state index contributed by atoms with van der Waals surface area (Å²) in [4.78, 5) is 15.7. The van der Waals surface area contributed by atoms with E-state index >= 15 is 0 Å². The van der Waals surface area contributed by atoms with Gasteiger partial charge in [-0.1, -0.05) is 23.7 Å². The van der Waals surface area contributed by atoms with Gasteiger partial charge >= 0.3 is 6.03 Å². The van der Waals surface area contributed by atoms with Crippen LogP contribution in [0.4, 0.5) is 9.93 Å². The minimum atomic E-state index is -0.241. The second kappa shape index (κ2) is 5.84. The molecule has 18 heavy (non-hydrogen) atoms. The Morgan fingerprint density at radius 2 is 2.11 bits per heavy atom. The maximum absolute atomic E-state index is 11.3. The second-order valence-electron chi connectivity index (χ2n) is 3.53. The van der Waals surface area contributed by atoms with Crippen molar-refractivity contribution < 1.29 is 4.79 Å². The highest BCUT2D eigenvalue weighted by atomic mass is 35.5. The van der Waals surface area contributed by atoms with Crippen molar-refractivity contribution in [1.29, 1.82) is 0 Å². The lowest BCUT2D eigenvalue weighted by Gasteiger charge is -2.01. The summed E-state index contributed by atoms with van der Waals surface area (Å²) in [5, 5.41) is 8.48. The summed E-state index contributed by atoms with van der Waals surface area (Å²) in [7, 11) is 0. The summed E-state index contributed by atoms with van der Waals surface area (Å²) < 4.78 is 0. The predicted molar refractivity (Wildman–Crippen MR) is 75.3 cm³/mol. The Hall–Kier alpha value is -1.59. The molecule has 2 amide bonds. The molecule has 2 N–H and O–H groups in total. The van der Waals surface area contributed by atoms with Crippen LogP contribution in [0, 0.1) is 0 Å². The molecule has 0 unspecified atom stereocenters.